The molecule has 168 valence electrons. The number of halogens is 2. The van der Waals surface area contributed by atoms with Crippen molar-refractivity contribution in [1.29, 1.82) is 0 Å². The normalized spacial score (nSPS) is 20.8. The molecule has 2 aliphatic heterocycles. The molecule has 2 heterocycles. The number of hydrogen-bond donors (Lipinski definition) is 4. The molecule has 0 amide bonds. The van der Waals surface area contributed by atoms with E-state index in [-0.39, 0.29) is 36.6 Å². The number of guanidine groups is 2. The lowest BCUT2D eigenvalue weighted by molar-refractivity contribution is 0.882. The highest BCUT2D eigenvalue weighted by Crippen LogP contribution is 2.41. The van der Waals surface area contributed by atoms with Gasteiger partial charge in [-0.25, -0.2) is 20.8 Å². The predicted octanol–water partition coefficient (Wildman–Crippen LogP) is 2.18. The lowest BCUT2D eigenvalue weighted by Gasteiger charge is -2.30. The Balaban J connectivity index is 0.00000144. The van der Waals surface area contributed by atoms with Crippen molar-refractivity contribution in [1.82, 2.24) is 21.5 Å². The van der Waals surface area contributed by atoms with Gasteiger partial charge in [-0.3, -0.25) is 0 Å². The van der Waals surface area contributed by atoms with E-state index in [1.807, 2.05) is 12.4 Å². The maximum absolute atomic E-state index is 4.48. The van der Waals surface area contributed by atoms with Crippen molar-refractivity contribution in [3.63, 3.8) is 0 Å². The van der Waals surface area contributed by atoms with Crippen molar-refractivity contribution in [2.45, 2.75) is 11.8 Å². The van der Waals surface area contributed by atoms with E-state index in [1.54, 1.807) is 0 Å². The number of aliphatic imine (C=N–C) groups is 2. The first-order valence-corrected chi connectivity index (χ1v) is 10.2. The van der Waals surface area contributed by atoms with Crippen LogP contribution in [-0.4, -0.2) is 50.5 Å². The molecule has 4 N–H and O–H groups in total. The number of rotatable bonds is 4. The zero-order valence-corrected chi connectivity index (χ0v) is 19.0. The summed E-state index contributed by atoms with van der Waals surface area (Å²) in [5.74, 6) is 1.57. The van der Waals surface area contributed by atoms with Crippen LogP contribution in [0.4, 0.5) is 0 Å². The molecule has 5 rings (SSSR count). The Morgan fingerprint density at radius 1 is 0.688 bits per heavy atom. The van der Waals surface area contributed by atoms with Gasteiger partial charge in [0, 0.05) is 37.4 Å². The highest BCUT2D eigenvalue weighted by atomic mass is 35.5. The molecule has 0 spiro atoms. The van der Waals surface area contributed by atoms with Gasteiger partial charge in [0.2, 0.25) is 11.9 Å². The van der Waals surface area contributed by atoms with Crippen molar-refractivity contribution in [2.24, 2.45) is 20.2 Å². The number of benzene rings is 2. The van der Waals surface area contributed by atoms with Gasteiger partial charge < -0.3 is 10.6 Å². The van der Waals surface area contributed by atoms with Crippen LogP contribution >= 0.6 is 24.8 Å². The van der Waals surface area contributed by atoms with Crippen LogP contribution in [0.2, 0.25) is 0 Å². The van der Waals surface area contributed by atoms with Crippen LogP contribution in [-0.2, 0) is 0 Å². The van der Waals surface area contributed by atoms with Gasteiger partial charge in [-0.05, 0) is 22.3 Å². The third kappa shape index (κ3) is 4.87. The van der Waals surface area contributed by atoms with Crippen LogP contribution in [0.25, 0.3) is 0 Å². The summed E-state index contributed by atoms with van der Waals surface area (Å²) in [6.45, 7) is 3.27. The molecule has 0 radical (unpaired) electrons. The van der Waals surface area contributed by atoms with Gasteiger partial charge in [0.1, 0.15) is 0 Å². The number of hydrogen-bond acceptors (Lipinski definition) is 8. The molecule has 0 aromatic heterocycles. The van der Waals surface area contributed by atoms with Crippen molar-refractivity contribution in [3.8, 4) is 0 Å². The first-order valence-electron chi connectivity index (χ1n) is 10.2. The summed E-state index contributed by atoms with van der Waals surface area (Å²) < 4.78 is 0. The molecule has 8 nitrogen and oxygen atoms in total. The van der Waals surface area contributed by atoms with Gasteiger partial charge in [0.25, 0.3) is 0 Å². The van der Waals surface area contributed by atoms with Gasteiger partial charge in [0.15, 0.2) is 0 Å². The average Bonchev–Trinajstić information content (AvgIpc) is 3.49. The molecule has 0 unspecified atom stereocenters. The summed E-state index contributed by atoms with van der Waals surface area (Å²) in [7, 11) is 0. The fourth-order valence-electron chi connectivity index (χ4n) is 4.10. The summed E-state index contributed by atoms with van der Waals surface area (Å²) in [5.41, 5.74) is 11.0. The first kappa shape index (κ1) is 23.6. The fourth-order valence-corrected chi connectivity index (χ4v) is 4.10. The molecule has 0 fully saturated rings. The van der Waals surface area contributed by atoms with E-state index >= 15 is 0 Å². The van der Waals surface area contributed by atoms with E-state index in [0.29, 0.717) is 0 Å². The van der Waals surface area contributed by atoms with E-state index in [2.05, 4.69) is 90.2 Å². The summed E-state index contributed by atoms with van der Waals surface area (Å²) in [6, 6.07) is 17.0. The van der Waals surface area contributed by atoms with Gasteiger partial charge in [-0.2, -0.15) is 10.2 Å². The Kier molecular flexibility index (Phi) is 8.08. The molecule has 0 atom stereocenters. The Morgan fingerprint density at radius 3 is 1.38 bits per heavy atom. The van der Waals surface area contributed by atoms with Crippen LogP contribution in [0, 0.1) is 0 Å². The topological polar surface area (TPSA) is 97.6 Å². The molecular weight excluding hydrogens is 447 g/mol. The number of fused-ring (bicyclic) bond motifs is 2. The zero-order chi connectivity index (χ0) is 20.2. The lowest BCUT2D eigenvalue weighted by Crippen LogP contribution is -2.31. The average molecular weight is 473 g/mol. The highest BCUT2D eigenvalue weighted by molar-refractivity contribution is 5.87. The highest BCUT2D eigenvalue weighted by Gasteiger charge is 2.30. The molecule has 0 saturated carbocycles. The van der Waals surface area contributed by atoms with E-state index < -0.39 is 0 Å². The molecule has 0 saturated heterocycles. The second-order valence-corrected chi connectivity index (χ2v) is 7.31. The minimum atomic E-state index is 0. The molecule has 1 aliphatic carbocycles. The van der Waals surface area contributed by atoms with Crippen LogP contribution in [0.3, 0.4) is 0 Å². The number of nitrogens with one attached hydrogen (secondary N) is 4. The minimum absolute atomic E-state index is 0. The second-order valence-electron chi connectivity index (χ2n) is 7.31. The Bertz CT molecular complexity index is 920. The van der Waals surface area contributed by atoms with E-state index in [9.17, 15) is 0 Å². The second kappa shape index (κ2) is 11.0. The maximum atomic E-state index is 4.48. The summed E-state index contributed by atoms with van der Waals surface area (Å²) in [4.78, 5) is 8.65. The van der Waals surface area contributed by atoms with Crippen LogP contribution in [0.1, 0.15) is 34.1 Å². The van der Waals surface area contributed by atoms with Gasteiger partial charge in [-0.1, -0.05) is 48.5 Å². The van der Waals surface area contributed by atoms with Crippen LogP contribution in [0.15, 0.2) is 68.7 Å². The quantitative estimate of drug-likeness (QED) is 0.404. The smallest absolute Gasteiger partial charge is 0.212 e. The van der Waals surface area contributed by atoms with E-state index in [1.165, 1.54) is 22.3 Å². The molecule has 32 heavy (non-hydrogen) atoms. The van der Waals surface area contributed by atoms with Crippen LogP contribution in [0.5, 0.6) is 0 Å². The van der Waals surface area contributed by atoms with E-state index in [0.717, 1.165) is 38.1 Å². The first-order chi connectivity index (χ1) is 14.9. The van der Waals surface area contributed by atoms with Crippen LogP contribution < -0.4 is 21.5 Å². The third-order valence-corrected chi connectivity index (χ3v) is 5.47. The molecule has 3 aliphatic rings. The molecular formula is C22H26Cl2N8. The van der Waals surface area contributed by atoms with E-state index in [4.69, 9.17) is 0 Å². The lowest BCUT2D eigenvalue weighted by atomic mass is 9.73. The molecule has 2 aromatic carbocycles. The fraction of sp³-hybridized carbons (Fsp3) is 0.273. The molecule has 10 heteroatoms. The van der Waals surface area contributed by atoms with Gasteiger partial charge in [0.05, 0.1) is 13.1 Å². The summed E-state index contributed by atoms with van der Waals surface area (Å²) >= 11 is 0. The Morgan fingerprint density at radius 2 is 1.06 bits per heavy atom. The largest absolute Gasteiger partial charge is 0.353 e. The molecule has 0 bridgehead atoms. The Hall–Kier alpha value is -3.10. The maximum Gasteiger partial charge on any atom is 0.212 e. The van der Waals surface area contributed by atoms with Crippen molar-refractivity contribution in [2.75, 3.05) is 26.2 Å². The SMILES string of the molecule is C(=N\NC1=NCCN1)/C1c2ccccc2C(/C=N/NC2=NCCN2)c2ccccc21.Cl.Cl. The van der Waals surface area contributed by atoms with Gasteiger partial charge >= 0.3 is 0 Å². The van der Waals surface area contributed by atoms with Crippen molar-refractivity contribution < 1.29 is 0 Å². The van der Waals surface area contributed by atoms with Gasteiger partial charge in [-0.15, -0.1) is 24.8 Å². The van der Waals surface area contributed by atoms with Crippen molar-refractivity contribution >= 4 is 49.2 Å². The monoisotopic (exact) mass is 472 g/mol. The predicted molar refractivity (Wildman–Crippen MR) is 135 cm³/mol. The Labute approximate surface area is 199 Å². The standard InChI is InChI=1S/C22H24N8.2ClH/c1-2-6-16-15(5-1)19(13-27-29-21-23-9-10-24-21)17-7-3-4-8-18(17)20(16)14-28-30-22-25-11-12-26-22;;/h1-8,13-14,19-20H,9-12H2,(H2,23,24,29)(H2,25,26,30);2*1H/b27-13+,28-14+;;. The zero-order valence-electron chi connectivity index (χ0n) is 17.4. The minimum Gasteiger partial charge on any atom is -0.353 e. The molecule has 2 aromatic rings. The summed E-state index contributed by atoms with van der Waals surface area (Å²) in [5, 5.41) is 15.3. The third-order valence-electron chi connectivity index (χ3n) is 5.47. The number of nitrogens with zero attached hydrogens (tertiary/aromatic N) is 4. The van der Waals surface area contributed by atoms with Crippen molar-refractivity contribution in [3.05, 3.63) is 70.8 Å². The number of hydrazone groups is 2. The summed E-state index contributed by atoms with van der Waals surface area (Å²) in [6.07, 6.45) is 3.92.